The number of aromatic amines is 1. The van der Waals surface area contributed by atoms with Gasteiger partial charge in [-0.25, -0.2) is 8.42 Å². The van der Waals surface area contributed by atoms with Crippen molar-refractivity contribution >= 4 is 9.84 Å². The number of rotatable bonds is 3. The van der Waals surface area contributed by atoms with Crippen molar-refractivity contribution in [3.8, 4) is 0 Å². The molecule has 1 aliphatic heterocycles. The lowest BCUT2D eigenvalue weighted by Crippen LogP contribution is -2.25. The van der Waals surface area contributed by atoms with Crippen LogP contribution in [-0.2, 0) is 21.6 Å². The van der Waals surface area contributed by atoms with Crippen molar-refractivity contribution in [1.29, 1.82) is 0 Å². The van der Waals surface area contributed by atoms with Gasteiger partial charge in [0.25, 0.3) is 5.56 Å². The summed E-state index contributed by atoms with van der Waals surface area (Å²) in [5.74, 6) is -1.85. The molecule has 3 atom stereocenters. The molecule has 1 aromatic rings. The fraction of sp³-hybridized carbons (Fsp3) is 0.533. The van der Waals surface area contributed by atoms with E-state index >= 15 is 0 Å². The Kier molecular flexibility index (Phi) is 4.03. The molecule has 1 saturated heterocycles. The third-order valence-corrected chi connectivity index (χ3v) is 5.58. The first-order valence-corrected chi connectivity index (χ1v) is 9.40. The number of allylic oxidation sites excluding steroid dienone is 2. The van der Waals surface area contributed by atoms with Gasteiger partial charge in [-0.3, -0.25) is 14.6 Å². The minimum atomic E-state index is -4.52. The Balaban J connectivity index is 1.95. The molecule has 3 rings (SSSR count). The van der Waals surface area contributed by atoms with Crippen LogP contribution in [0.1, 0.15) is 23.8 Å². The van der Waals surface area contributed by atoms with Crippen molar-refractivity contribution in [2.24, 2.45) is 13.0 Å². The molecular weight excluding hydrogens is 361 g/mol. The minimum absolute atomic E-state index is 0.190. The summed E-state index contributed by atoms with van der Waals surface area (Å²) in [6.07, 6.45) is -3.41. The first-order valence-electron chi connectivity index (χ1n) is 7.51. The summed E-state index contributed by atoms with van der Waals surface area (Å²) in [6.45, 7) is 1.68. The molecule has 0 saturated carbocycles. The number of nitrogens with zero attached hydrogens (tertiary/aromatic N) is 1. The van der Waals surface area contributed by atoms with Gasteiger partial charge in [-0.05, 0) is 18.9 Å². The molecule has 2 heterocycles. The van der Waals surface area contributed by atoms with Crippen LogP contribution in [0.4, 0.5) is 13.2 Å². The Hall–Kier alpha value is -1.81. The van der Waals surface area contributed by atoms with Gasteiger partial charge in [-0.1, -0.05) is 12.2 Å². The maximum absolute atomic E-state index is 12.9. The number of epoxide rings is 1. The van der Waals surface area contributed by atoms with Gasteiger partial charge < -0.3 is 4.74 Å². The summed E-state index contributed by atoms with van der Waals surface area (Å²) in [5.41, 5.74) is 0.823. The molecule has 6 nitrogen and oxygen atoms in total. The maximum atomic E-state index is 12.9. The molecule has 0 amide bonds. The smallest absolute Gasteiger partial charge is 0.359 e. The number of nitrogens with one attached hydrogen (secondary N) is 1. The molecule has 138 valence electrons. The van der Waals surface area contributed by atoms with Gasteiger partial charge in [0.15, 0.2) is 9.84 Å². The van der Waals surface area contributed by atoms with Crippen LogP contribution in [0.3, 0.4) is 0 Å². The highest BCUT2D eigenvalue weighted by atomic mass is 32.2. The largest absolute Gasteiger partial charge is 0.395 e. The van der Waals surface area contributed by atoms with Gasteiger partial charge >= 0.3 is 6.18 Å². The van der Waals surface area contributed by atoms with Crippen LogP contribution in [0.15, 0.2) is 27.4 Å². The summed E-state index contributed by atoms with van der Waals surface area (Å²) in [4.78, 5) is 11.7. The summed E-state index contributed by atoms with van der Waals surface area (Å²) in [5, 5.41) is 2.81. The highest BCUT2D eigenvalue weighted by molar-refractivity contribution is 7.94. The third kappa shape index (κ3) is 3.20. The van der Waals surface area contributed by atoms with Crippen molar-refractivity contribution < 1.29 is 26.3 Å². The second-order valence-corrected chi connectivity index (χ2v) is 8.32. The number of aryl methyl sites for hydroxylation is 2. The Morgan fingerprint density at radius 3 is 2.44 bits per heavy atom. The van der Waals surface area contributed by atoms with Gasteiger partial charge in [0.05, 0.1) is 16.4 Å². The standard InChI is InChI=1S/C15H17F3N2O4S/c1-7-11(14(21)20(2)19-7)13-12(24-13)9-5-4-8(15(16,17)18)6-10(9)25(3,22)23/h5-6,8,12-13,19H,4H2,1-3H3. The van der Waals surface area contributed by atoms with Crippen LogP contribution in [0.25, 0.3) is 0 Å². The van der Waals surface area contributed by atoms with E-state index in [-0.39, 0.29) is 22.5 Å². The fourth-order valence-electron chi connectivity index (χ4n) is 3.13. The molecular formula is C15H17F3N2O4S. The van der Waals surface area contributed by atoms with E-state index in [4.69, 9.17) is 4.74 Å². The predicted molar refractivity (Wildman–Crippen MR) is 83.6 cm³/mol. The molecule has 1 aromatic heterocycles. The van der Waals surface area contributed by atoms with Crippen LogP contribution in [0.2, 0.25) is 0 Å². The monoisotopic (exact) mass is 378 g/mol. The van der Waals surface area contributed by atoms with Gasteiger partial charge in [-0.2, -0.15) is 13.2 Å². The highest BCUT2D eigenvalue weighted by Crippen LogP contribution is 2.48. The van der Waals surface area contributed by atoms with E-state index in [2.05, 4.69) is 5.10 Å². The van der Waals surface area contributed by atoms with Crippen LogP contribution < -0.4 is 5.56 Å². The second-order valence-electron chi connectivity index (χ2n) is 6.34. The summed E-state index contributed by atoms with van der Waals surface area (Å²) in [7, 11) is -2.34. The molecule has 1 fully saturated rings. The number of halogens is 3. The second kappa shape index (κ2) is 5.60. The van der Waals surface area contributed by atoms with Gasteiger partial charge in [0, 0.05) is 19.0 Å². The number of ether oxygens (including phenoxy) is 1. The molecule has 1 aliphatic carbocycles. The molecule has 0 bridgehead atoms. The Morgan fingerprint density at radius 2 is 1.96 bits per heavy atom. The van der Waals surface area contributed by atoms with Crippen molar-refractivity contribution in [2.75, 3.05) is 6.26 Å². The van der Waals surface area contributed by atoms with E-state index in [9.17, 15) is 26.4 Å². The zero-order valence-corrected chi connectivity index (χ0v) is 14.5. The van der Waals surface area contributed by atoms with Crippen LogP contribution in [-0.4, -0.2) is 36.7 Å². The maximum Gasteiger partial charge on any atom is 0.395 e. The molecule has 2 aliphatic rings. The number of hydrogen-bond acceptors (Lipinski definition) is 4. The van der Waals surface area contributed by atoms with Crippen molar-refractivity contribution in [3.63, 3.8) is 0 Å². The Labute approximate surface area is 141 Å². The topological polar surface area (TPSA) is 84.5 Å². The summed E-state index contributed by atoms with van der Waals surface area (Å²) in [6, 6.07) is 0. The van der Waals surface area contributed by atoms with Gasteiger partial charge in [0.1, 0.15) is 12.2 Å². The van der Waals surface area contributed by atoms with Crippen molar-refractivity contribution in [2.45, 2.75) is 31.7 Å². The summed E-state index contributed by atoms with van der Waals surface area (Å²) < 4.78 is 69.5. The first kappa shape index (κ1) is 18.0. The molecule has 0 spiro atoms. The van der Waals surface area contributed by atoms with Crippen molar-refractivity contribution in [3.05, 3.63) is 44.2 Å². The van der Waals surface area contributed by atoms with E-state index in [0.29, 0.717) is 11.3 Å². The molecule has 1 N–H and O–H groups in total. The number of hydrogen-bond donors (Lipinski definition) is 1. The molecule has 0 radical (unpaired) electrons. The predicted octanol–water partition coefficient (Wildman–Crippen LogP) is 1.90. The lowest BCUT2D eigenvalue weighted by atomic mass is 9.93. The van der Waals surface area contributed by atoms with E-state index in [1.165, 1.54) is 17.8 Å². The average Bonchev–Trinajstić information content (AvgIpc) is 3.19. The fourth-order valence-corrected chi connectivity index (χ4v) is 4.17. The number of sulfone groups is 1. The molecule has 3 unspecified atom stereocenters. The van der Waals surface area contributed by atoms with E-state index < -0.39 is 34.1 Å². The van der Waals surface area contributed by atoms with E-state index in [1.54, 1.807) is 6.92 Å². The normalized spacial score (nSPS) is 27.0. The van der Waals surface area contributed by atoms with Crippen molar-refractivity contribution in [1.82, 2.24) is 9.78 Å². The SMILES string of the molecule is Cc1[nH]n(C)c(=O)c1C1OC1C1=CCC(C(F)(F)F)C=C1S(C)(=O)=O. The highest BCUT2D eigenvalue weighted by Gasteiger charge is 2.50. The lowest BCUT2D eigenvalue weighted by molar-refractivity contribution is -0.160. The zero-order valence-electron chi connectivity index (χ0n) is 13.7. The van der Waals surface area contributed by atoms with Gasteiger partial charge in [-0.15, -0.1) is 0 Å². The Bertz CT molecular complexity index is 937. The third-order valence-electron chi connectivity index (χ3n) is 4.41. The number of H-pyrrole nitrogens is 1. The molecule has 10 heteroatoms. The molecule has 25 heavy (non-hydrogen) atoms. The van der Waals surface area contributed by atoms with Gasteiger partial charge in [0.2, 0.25) is 0 Å². The van der Waals surface area contributed by atoms with Crippen LogP contribution in [0, 0.1) is 12.8 Å². The Morgan fingerprint density at radius 1 is 1.32 bits per heavy atom. The number of alkyl halides is 3. The van der Waals surface area contributed by atoms with E-state index in [0.717, 1.165) is 12.3 Å². The van der Waals surface area contributed by atoms with Crippen LogP contribution in [0.5, 0.6) is 0 Å². The lowest BCUT2D eigenvalue weighted by Gasteiger charge is -2.22. The summed E-state index contributed by atoms with van der Waals surface area (Å²) >= 11 is 0. The zero-order chi connectivity index (χ0) is 18.7. The molecule has 0 aromatic carbocycles. The van der Waals surface area contributed by atoms with E-state index in [1.807, 2.05) is 0 Å². The minimum Gasteiger partial charge on any atom is -0.359 e. The first-order chi connectivity index (χ1) is 11.4. The van der Waals surface area contributed by atoms with Crippen LogP contribution >= 0.6 is 0 Å². The quantitative estimate of drug-likeness (QED) is 0.815. The number of aromatic nitrogens is 2. The average molecular weight is 378 g/mol.